The van der Waals surface area contributed by atoms with E-state index in [9.17, 15) is 10.2 Å². The molecule has 1 aliphatic rings. The van der Waals surface area contributed by atoms with Crippen molar-refractivity contribution in [3.63, 3.8) is 0 Å². The lowest BCUT2D eigenvalue weighted by atomic mass is 9.62. The summed E-state index contributed by atoms with van der Waals surface area (Å²) in [5.41, 5.74) is 9.69. The van der Waals surface area contributed by atoms with Gasteiger partial charge in [0.25, 0.3) is 0 Å². The molecule has 12 aromatic rings. The molecule has 0 saturated heterocycles. The van der Waals surface area contributed by atoms with E-state index in [1.807, 2.05) is 24.3 Å². The van der Waals surface area contributed by atoms with E-state index >= 15 is 0 Å². The minimum Gasteiger partial charge on any atom is -0.508 e. The molecule has 0 atom stereocenters. The maximum atomic E-state index is 12.3. The highest BCUT2D eigenvalue weighted by atomic mass is 16.3. The van der Waals surface area contributed by atoms with Crippen LogP contribution in [0.4, 0.5) is 0 Å². The lowest BCUT2D eigenvalue weighted by molar-refractivity contribution is 0.474. The van der Waals surface area contributed by atoms with Gasteiger partial charge in [-0.05, 0) is 145 Å². The summed E-state index contributed by atoms with van der Waals surface area (Å²) in [6.07, 6.45) is 0. The topological polar surface area (TPSA) is 40.5 Å². The molecule has 2 heteroatoms. The average Bonchev–Trinajstić information content (AvgIpc) is 3.64. The molecule has 0 bridgehead atoms. The van der Waals surface area contributed by atoms with Crippen LogP contribution in [0.25, 0.3) is 98.0 Å². The van der Waals surface area contributed by atoms with Crippen LogP contribution in [-0.2, 0) is 5.41 Å². The number of rotatable bonds is 4. The standard InChI is InChI=1S/C61H38O2/c62-41-33-55-45-21-7-3-15-39(45)29-31-49(55)57(35-41)61(58-36-42(63)34-56-46-22-8-4-16-40(46)30-32-50(56)58)59-51(47-23-9-17-37-13-1-5-19-43(37)47)25-11-27-53(59)54-28-12-26-52(60(54)61)48-24-10-18-38-14-2-6-20-44(38)48/h1-36,62-63H. The van der Waals surface area contributed by atoms with Crippen molar-refractivity contribution in [1.82, 2.24) is 0 Å². The monoisotopic (exact) mass is 802 g/mol. The zero-order chi connectivity index (χ0) is 41.8. The molecular formula is C61H38O2. The fourth-order valence-corrected chi connectivity index (χ4v) is 11.4. The summed E-state index contributed by atoms with van der Waals surface area (Å²) in [6.45, 7) is 0. The average molecular weight is 803 g/mol. The first-order valence-electron chi connectivity index (χ1n) is 21.6. The molecule has 0 fully saturated rings. The molecule has 0 unspecified atom stereocenters. The predicted octanol–water partition coefficient (Wildman–Crippen LogP) is 15.7. The largest absolute Gasteiger partial charge is 0.508 e. The van der Waals surface area contributed by atoms with Crippen molar-refractivity contribution in [2.45, 2.75) is 5.41 Å². The fourth-order valence-electron chi connectivity index (χ4n) is 11.4. The molecule has 0 radical (unpaired) electrons. The van der Waals surface area contributed by atoms with Gasteiger partial charge in [-0.3, -0.25) is 0 Å². The van der Waals surface area contributed by atoms with Gasteiger partial charge >= 0.3 is 0 Å². The van der Waals surface area contributed by atoms with E-state index in [4.69, 9.17) is 0 Å². The zero-order valence-electron chi connectivity index (χ0n) is 34.2. The maximum absolute atomic E-state index is 12.3. The zero-order valence-corrected chi connectivity index (χ0v) is 34.2. The van der Waals surface area contributed by atoms with Gasteiger partial charge in [-0.15, -0.1) is 0 Å². The molecule has 0 saturated carbocycles. The Morgan fingerprint density at radius 3 is 0.984 bits per heavy atom. The summed E-state index contributed by atoms with van der Waals surface area (Å²) in [5, 5.41) is 37.6. The van der Waals surface area contributed by atoms with Gasteiger partial charge in [0.15, 0.2) is 0 Å². The van der Waals surface area contributed by atoms with Crippen molar-refractivity contribution in [3.05, 3.63) is 241 Å². The van der Waals surface area contributed by atoms with E-state index in [1.165, 1.54) is 0 Å². The summed E-state index contributed by atoms with van der Waals surface area (Å²) in [4.78, 5) is 0. The van der Waals surface area contributed by atoms with Gasteiger partial charge in [-0.1, -0.05) is 194 Å². The predicted molar refractivity (Wildman–Crippen MR) is 263 cm³/mol. The van der Waals surface area contributed by atoms with Gasteiger partial charge in [0.1, 0.15) is 11.5 Å². The molecule has 0 spiro atoms. The Morgan fingerprint density at radius 2 is 0.556 bits per heavy atom. The smallest absolute Gasteiger partial charge is 0.116 e. The Kier molecular flexibility index (Phi) is 7.56. The molecule has 12 aromatic carbocycles. The van der Waals surface area contributed by atoms with E-state index in [-0.39, 0.29) is 11.5 Å². The van der Waals surface area contributed by atoms with Crippen molar-refractivity contribution in [3.8, 4) is 44.9 Å². The van der Waals surface area contributed by atoms with E-state index in [0.717, 1.165) is 120 Å². The molecule has 13 rings (SSSR count). The van der Waals surface area contributed by atoms with Crippen molar-refractivity contribution >= 4 is 64.6 Å². The van der Waals surface area contributed by atoms with Crippen LogP contribution in [0.3, 0.4) is 0 Å². The normalized spacial score (nSPS) is 13.0. The molecule has 294 valence electrons. The Bertz CT molecular complexity index is 3630. The summed E-state index contributed by atoms with van der Waals surface area (Å²) < 4.78 is 0. The number of fused-ring (bicyclic) bond motifs is 11. The Hall–Kier alpha value is -8.20. The third-order valence-corrected chi connectivity index (χ3v) is 13.8. The van der Waals surface area contributed by atoms with Crippen molar-refractivity contribution in [2.75, 3.05) is 0 Å². The molecule has 2 nitrogen and oxygen atoms in total. The third-order valence-electron chi connectivity index (χ3n) is 13.8. The van der Waals surface area contributed by atoms with Gasteiger partial charge in [0.2, 0.25) is 0 Å². The van der Waals surface area contributed by atoms with Crippen LogP contribution in [-0.4, -0.2) is 10.2 Å². The highest BCUT2D eigenvalue weighted by molar-refractivity contribution is 6.15. The second kappa shape index (κ2) is 13.4. The van der Waals surface area contributed by atoms with Crippen LogP contribution in [0.2, 0.25) is 0 Å². The maximum Gasteiger partial charge on any atom is 0.116 e. The Morgan fingerprint density at radius 1 is 0.238 bits per heavy atom. The van der Waals surface area contributed by atoms with E-state index in [1.54, 1.807) is 0 Å². The van der Waals surface area contributed by atoms with Crippen LogP contribution in [0.15, 0.2) is 218 Å². The second-order valence-corrected chi connectivity index (χ2v) is 17.0. The van der Waals surface area contributed by atoms with Crippen LogP contribution in [0.5, 0.6) is 11.5 Å². The third kappa shape index (κ3) is 5.01. The van der Waals surface area contributed by atoms with E-state index < -0.39 is 5.41 Å². The molecule has 0 aliphatic heterocycles. The van der Waals surface area contributed by atoms with Gasteiger partial charge in [0, 0.05) is 0 Å². The van der Waals surface area contributed by atoms with Crippen LogP contribution in [0, 0.1) is 0 Å². The number of aromatic hydroxyl groups is 2. The molecule has 0 heterocycles. The number of phenolic OH excluding ortho intramolecular Hbond substituents is 2. The minimum absolute atomic E-state index is 0.184. The first-order chi connectivity index (χ1) is 31.1. The van der Waals surface area contributed by atoms with Gasteiger partial charge in [0.05, 0.1) is 5.41 Å². The van der Waals surface area contributed by atoms with Crippen LogP contribution >= 0.6 is 0 Å². The summed E-state index contributed by atoms with van der Waals surface area (Å²) in [6, 6.07) is 77.6. The van der Waals surface area contributed by atoms with Crippen molar-refractivity contribution in [2.24, 2.45) is 0 Å². The highest BCUT2D eigenvalue weighted by Crippen LogP contribution is 2.64. The summed E-state index contributed by atoms with van der Waals surface area (Å²) >= 11 is 0. The molecule has 2 N–H and O–H groups in total. The summed E-state index contributed by atoms with van der Waals surface area (Å²) in [5.74, 6) is 0.367. The lowest BCUT2D eigenvalue weighted by Gasteiger charge is -2.38. The lowest BCUT2D eigenvalue weighted by Crippen LogP contribution is -2.31. The van der Waals surface area contributed by atoms with Crippen molar-refractivity contribution in [1.29, 1.82) is 0 Å². The highest BCUT2D eigenvalue weighted by Gasteiger charge is 2.51. The first-order valence-corrected chi connectivity index (χ1v) is 21.6. The first kappa shape index (κ1) is 35.5. The Balaban J connectivity index is 1.32. The number of hydrogen-bond acceptors (Lipinski definition) is 2. The minimum atomic E-state index is -1.11. The Labute approximate surface area is 364 Å². The molecule has 63 heavy (non-hydrogen) atoms. The van der Waals surface area contributed by atoms with Crippen molar-refractivity contribution < 1.29 is 10.2 Å². The molecule has 0 aromatic heterocycles. The second-order valence-electron chi connectivity index (χ2n) is 17.0. The van der Waals surface area contributed by atoms with Gasteiger partial charge in [-0.2, -0.15) is 0 Å². The molecule has 1 aliphatic carbocycles. The quantitative estimate of drug-likeness (QED) is 0.174. The van der Waals surface area contributed by atoms with Gasteiger partial charge in [-0.25, -0.2) is 0 Å². The van der Waals surface area contributed by atoms with Crippen LogP contribution < -0.4 is 0 Å². The molecule has 0 amide bonds. The fraction of sp³-hybridized carbons (Fsp3) is 0.0164. The van der Waals surface area contributed by atoms with E-state index in [0.29, 0.717) is 0 Å². The number of hydrogen-bond donors (Lipinski definition) is 2. The van der Waals surface area contributed by atoms with Gasteiger partial charge < -0.3 is 10.2 Å². The molecular weight excluding hydrogens is 765 g/mol. The SMILES string of the molecule is Oc1cc(C2(c3cc(O)cc4c3ccc3ccccc34)c3c(cccc3-c3cccc4ccccc34)-c3cccc(-c4cccc5ccccc45)c32)c2ccc3ccccc3c2c1. The van der Waals surface area contributed by atoms with E-state index in [2.05, 4.69) is 194 Å². The number of phenols is 2. The van der Waals surface area contributed by atoms with Crippen LogP contribution in [0.1, 0.15) is 22.3 Å². The number of benzene rings is 12. The summed E-state index contributed by atoms with van der Waals surface area (Å²) in [7, 11) is 0.